The summed E-state index contributed by atoms with van der Waals surface area (Å²) in [5.41, 5.74) is 3.39. The molecule has 1 heteroatoms. The molecule has 2 fully saturated rings. The minimum absolute atomic E-state index is 0.942. The first-order chi connectivity index (χ1) is 20.2. The van der Waals surface area contributed by atoms with Crippen LogP contribution in [0.3, 0.4) is 0 Å². The lowest BCUT2D eigenvalue weighted by Gasteiger charge is -2.35. The summed E-state index contributed by atoms with van der Waals surface area (Å²) in [6, 6.07) is 0. The molecule has 41 heavy (non-hydrogen) atoms. The van der Waals surface area contributed by atoms with E-state index in [2.05, 4.69) is 26.0 Å². The second-order valence-corrected chi connectivity index (χ2v) is 15.2. The molecule has 0 N–H and O–H groups in total. The van der Waals surface area contributed by atoms with Crippen molar-refractivity contribution in [3.05, 3.63) is 23.3 Å². The van der Waals surface area contributed by atoms with E-state index in [-0.39, 0.29) is 0 Å². The highest BCUT2D eigenvalue weighted by atomic mass is 16.5. The highest BCUT2D eigenvalue weighted by Crippen LogP contribution is 2.42. The molecule has 0 radical (unpaired) electrons. The average molecular weight is 567 g/mol. The first kappa shape index (κ1) is 33.3. The summed E-state index contributed by atoms with van der Waals surface area (Å²) >= 11 is 0. The topological polar surface area (TPSA) is 9.23 Å². The molecule has 0 aromatic heterocycles. The van der Waals surface area contributed by atoms with Gasteiger partial charge in [-0.1, -0.05) is 127 Å². The highest BCUT2D eigenvalue weighted by molar-refractivity contribution is 5.08. The van der Waals surface area contributed by atoms with Gasteiger partial charge in [-0.3, -0.25) is 0 Å². The summed E-state index contributed by atoms with van der Waals surface area (Å²) in [5, 5.41) is 0. The Kier molecular flexibility index (Phi) is 16.0. The van der Waals surface area contributed by atoms with Gasteiger partial charge in [-0.05, 0) is 113 Å². The quantitative estimate of drug-likeness (QED) is 0.118. The van der Waals surface area contributed by atoms with Gasteiger partial charge in [0, 0.05) is 0 Å². The zero-order valence-corrected chi connectivity index (χ0v) is 27.8. The second-order valence-electron chi connectivity index (χ2n) is 15.2. The Labute approximate surface area is 257 Å². The molecule has 4 aliphatic rings. The predicted molar refractivity (Wildman–Crippen MR) is 179 cm³/mol. The average Bonchev–Trinajstić information content (AvgIpc) is 3.03. The van der Waals surface area contributed by atoms with E-state index in [9.17, 15) is 0 Å². The maximum Gasteiger partial charge on any atom is 0.0503 e. The van der Waals surface area contributed by atoms with Crippen molar-refractivity contribution in [2.24, 2.45) is 35.5 Å². The molecule has 1 nitrogen and oxygen atoms in total. The minimum Gasteiger partial charge on any atom is -0.381 e. The van der Waals surface area contributed by atoms with Gasteiger partial charge in [0.1, 0.15) is 0 Å². The molecule has 4 rings (SSSR count). The van der Waals surface area contributed by atoms with Gasteiger partial charge in [-0.15, -0.1) is 0 Å². The SMILES string of the molecule is CCCCCCC1CCC(C2CC=C(CCOCCC3=CCC(C4CCC(CCCCCC)CC4)CC3)CC2)CC1. The molecule has 0 heterocycles. The maximum atomic E-state index is 6.16. The van der Waals surface area contributed by atoms with Crippen LogP contribution in [0.1, 0.15) is 181 Å². The smallest absolute Gasteiger partial charge is 0.0503 e. The zero-order chi connectivity index (χ0) is 28.5. The third kappa shape index (κ3) is 12.2. The number of allylic oxidation sites excluding steroid dienone is 2. The third-order valence-corrected chi connectivity index (χ3v) is 12.3. The van der Waals surface area contributed by atoms with Gasteiger partial charge >= 0.3 is 0 Å². The first-order valence-electron chi connectivity index (χ1n) is 19.2. The number of hydrogen-bond donors (Lipinski definition) is 0. The summed E-state index contributed by atoms with van der Waals surface area (Å²) in [4.78, 5) is 0. The van der Waals surface area contributed by atoms with Gasteiger partial charge in [0.05, 0.1) is 13.2 Å². The molecule has 0 saturated heterocycles. The normalized spacial score (nSPS) is 31.1. The number of unbranched alkanes of at least 4 members (excludes halogenated alkanes) is 6. The lowest BCUT2D eigenvalue weighted by molar-refractivity contribution is 0.135. The van der Waals surface area contributed by atoms with Crippen molar-refractivity contribution >= 4 is 0 Å². The van der Waals surface area contributed by atoms with Crippen LogP contribution in [-0.4, -0.2) is 13.2 Å². The number of hydrogen-bond acceptors (Lipinski definition) is 1. The van der Waals surface area contributed by atoms with E-state index in [1.807, 2.05) is 0 Å². The summed E-state index contributed by atoms with van der Waals surface area (Å²) < 4.78 is 6.16. The van der Waals surface area contributed by atoms with Crippen LogP contribution >= 0.6 is 0 Å². The van der Waals surface area contributed by atoms with Crippen LogP contribution < -0.4 is 0 Å². The molecule has 4 aliphatic carbocycles. The van der Waals surface area contributed by atoms with E-state index in [4.69, 9.17) is 4.74 Å². The number of ether oxygens (including phenoxy) is 1. The second kappa shape index (κ2) is 19.7. The van der Waals surface area contributed by atoms with Crippen LogP contribution in [-0.2, 0) is 4.74 Å². The molecule has 0 aromatic rings. The number of rotatable bonds is 18. The predicted octanol–water partition coefficient (Wildman–Crippen LogP) is 12.8. The Morgan fingerprint density at radius 3 is 1.32 bits per heavy atom. The molecule has 0 amide bonds. The Morgan fingerprint density at radius 1 is 0.512 bits per heavy atom. The van der Waals surface area contributed by atoms with Crippen LogP contribution in [0.15, 0.2) is 23.3 Å². The van der Waals surface area contributed by atoms with Crippen LogP contribution in [0, 0.1) is 35.5 Å². The Hall–Kier alpha value is -0.560. The van der Waals surface area contributed by atoms with Crippen LogP contribution in [0.4, 0.5) is 0 Å². The molecule has 2 saturated carbocycles. The third-order valence-electron chi connectivity index (χ3n) is 12.3. The standard InChI is InChI=1S/C40H70O/c1-3-5-7-9-11-33-13-21-37(22-14-33)39-25-17-35(18-26-39)29-31-41-32-30-36-19-27-40(28-20-36)38-23-15-34(16-24-38)12-10-8-6-4-2/h17,19,33-34,37-40H,3-16,18,20-32H2,1-2H3. The zero-order valence-electron chi connectivity index (χ0n) is 27.8. The molecule has 0 spiro atoms. The summed E-state index contributed by atoms with van der Waals surface area (Å²) in [6.45, 7) is 6.54. The highest BCUT2D eigenvalue weighted by Gasteiger charge is 2.29. The monoisotopic (exact) mass is 567 g/mol. The molecular formula is C40H70O. The van der Waals surface area contributed by atoms with Gasteiger partial charge in [0.25, 0.3) is 0 Å². The van der Waals surface area contributed by atoms with Crippen molar-refractivity contribution in [1.29, 1.82) is 0 Å². The lowest BCUT2D eigenvalue weighted by atomic mass is 9.70. The fourth-order valence-corrected chi connectivity index (χ4v) is 9.25. The lowest BCUT2D eigenvalue weighted by Crippen LogP contribution is -2.23. The molecule has 0 bridgehead atoms. The van der Waals surface area contributed by atoms with Crippen molar-refractivity contribution in [3.8, 4) is 0 Å². The maximum absolute atomic E-state index is 6.16. The van der Waals surface area contributed by atoms with Gasteiger partial charge in [-0.2, -0.15) is 0 Å². The molecular weight excluding hydrogens is 496 g/mol. The van der Waals surface area contributed by atoms with Gasteiger partial charge in [-0.25, -0.2) is 0 Å². The summed E-state index contributed by atoms with van der Waals surface area (Å²) in [7, 11) is 0. The van der Waals surface area contributed by atoms with Crippen molar-refractivity contribution in [1.82, 2.24) is 0 Å². The molecule has 2 unspecified atom stereocenters. The Bertz CT molecular complexity index is 670. The van der Waals surface area contributed by atoms with Gasteiger partial charge in [0.2, 0.25) is 0 Å². The fraction of sp³-hybridized carbons (Fsp3) is 0.900. The van der Waals surface area contributed by atoms with E-state index in [1.54, 1.807) is 11.1 Å². The largest absolute Gasteiger partial charge is 0.381 e. The summed E-state index contributed by atoms with van der Waals surface area (Å²) in [6.07, 6.45) is 42.6. The van der Waals surface area contributed by atoms with Gasteiger partial charge in [0.15, 0.2) is 0 Å². The Balaban J connectivity index is 1.00. The fourth-order valence-electron chi connectivity index (χ4n) is 9.25. The van der Waals surface area contributed by atoms with E-state index < -0.39 is 0 Å². The van der Waals surface area contributed by atoms with Crippen molar-refractivity contribution in [2.75, 3.05) is 13.2 Å². The molecule has 0 aromatic carbocycles. The van der Waals surface area contributed by atoms with E-state index in [0.29, 0.717) is 0 Å². The van der Waals surface area contributed by atoms with Crippen LogP contribution in [0.25, 0.3) is 0 Å². The first-order valence-corrected chi connectivity index (χ1v) is 19.2. The van der Waals surface area contributed by atoms with E-state index in [0.717, 1.165) is 48.7 Å². The van der Waals surface area contributed by atoms with Crippen LogP contribution in [0.5, 0.6) is 0 Å². The Morgan fingerprint density at radius 2 is 0.951 bits per heavy atom. The van der Waals surface area contributed by atoms with E-state index >= 15 is 0 Å². The molecule has 236 valence electrons. The van der Waals surface area contributed by atoms with Crippen molar-refractivity contribution in [2.45, 2.75) is 181 Å². The van der Waals surface area contributed by atoms with Crippen molar-refractivity contribution < 1.29 is 4.74 Å². The van der Waals surface area contributed by atoms with Crippen molar-refractivity contribution in [3.63, 3.8) is 0 Å². The van der Waals surface area contributed by atoms with Gasteiger partial charge < -0.3 is 4.74 Å². The molecule has 2 atom stereocenters. The molecule has 0 aliphatic heterocycles. The van der Waals surface area contributed by atoms with Crippen LogP contribution in [0.2, 0.25) is 0 Å². The minimum atomic E-state index is 0.942. The summed E-state index contributed by atoms with van der Waals surface area (Å²) in [5.74, 6) is 6.11. The van der Waals surface area contributed by atoms with E-state index in [1.165, 1.54) is 167 Å².